The number of halogens is 1. The molecule has 0 aliphatic heterocycles. The number of carboxylic acids is 1. The molecule has 0 saturated carbocycles. The van der Waals surface area contributed by atoms with E-state index in [-0.39, 0.29) is 4.88 Å². The van der Waals surface area contributed by atoms with Crippen molar-refractivity contribution in [2.75, 3.05) is 0 Å². The van der Waals surface area contributed by atoms with E-state index in [2.05, 4.69) is 9.97 Å². The van der Waals surface area contributed by atoms with Gasteiger partial charge in [-0.2, -0.15) is 0 Å². The van der Waals surface area contributed by atoms with Crippen molar-refractivity contribution in [2.24, 2.45) is 0 Å². The molecule has 4 rings (SSSR count). The summed E-state index contributed by atoms with van der Waals surface area (Å²) in [5.74, 6) is -0.196. The summed E-state index contributed by atoms with van der Waals surface area (Å²) in [7, 11) is 0. The van der Waals surface area contributed by atoms with Crippen LogP contribution in [-0.4, -0.2) is 25.4 Å². The van der Waals surface area contributed by atoms with Crippen molar-refractivity contribution in [1.29, 1.82) is 0 Å². The molecule has 0 spiro atoms. The summed E-state index contributed by atoms with van der Waals surface area (Å²) >= 11 is 7.36. The first-order valence-electron chi connectivity index (χ1n) is 8.11. The van der Waals surface area contributed by atoms with Crippen LogP contribution >= 0.6 is 22.9 Å². The summed E-state index contributed by atoms with van der Waals surface area (Å²) in [5, 5.41) is 10.2. The summed E-state index contributed by atoms with van der Waals surface area (Å²) in [6.45, 7) is 1.84. The van der Waals surface area contributed by atoms with E-state index in [1.54, 1.807) is 35.0 Å². The summed E-state index contributed by atoms with van der Waals surface area (Å²) < 4.78 is 7.77. The third-order valence-electron chi connectivity index (χ3n) is 4.08. The Balaban J connectivity index is 1.73. The van der Waals surface area contributed by atoms with Gasteiger partial charge in [0.25, 0.3) is 0 Å². The average Bonchev–Trinajstić information content (AvgIpc) is 3.26. The van der Waals surface area contributed by atoms with Gasteiger partial charge in [0, 0.05) is 29.0 Å². The maximum absolute atomic E-state index is 11.7. The average molecular weight is 400 g/mol. The lowest BCUT2D eigenvalue weighted by molar-refractivity contribution is 0.0696. The highest BCUT2D eigenvalue weighted by Crippen LogP contribution is 2.39. The van der Waals surface area contributed by atoms with E-state index in [9.17, 15) is 9.90 Å². The van der Waals surface area contributed by atoms with E-state index in [0.29, 0.717) is 16.5 Å². The molecule has 0 fully saturated rings. The number of aromatic carboxylic acids is 1. The van der Waals surface area contributed by atoms with Gasteiger partial charge < -0.3 is 9.84 Å². The standard InChI is InChI=1S/C19H14ClN3O3S/c1-11(12-5-2-3-6-13(12)20)26-15-9-16(27-17(15)18(24)25)14-10-22-19-21-7-4-8-23(14)19/h2-11H,1H3,(H,24,25)/t11-/m1/s1. The van der Waals surface area contributed by atoms with Gasteiger partial charge in [-0.05, 0) is 19.1 Å². The Kier molecular flexibility index (Phi) is 4.55. The van der Waals surface area contributed by atoms with Gasteiger partial charge in [-0.25, -0.2) is 14.8 Å². The zero-order valence-corrected chi connectivity index (χ0v) is 15.7. The maximum Gasteiger partial charge on any atom is 0.349 e. The van der Waals surface area contributed by atoms with Crippen LogP contribution in [0.5, 0.6) is 5.75 Å². The molecular formula is C19H14ClN3O3S. The fraction of sp³-hybridized carbons (Fsp3) is 0.105. The fourth-order valence-corrected chi connectivity index (χ4v) is 4.03. The Morgan fingerprint density at radius 3 is 2.89 bits per heavy atom. The third kappa shape index (κ3) is 3.27. The smallest absolute Gasteiger partial charge is 0.349 e. The molecular weight excluding hydrogens is 386 g/mol. The van der Waals surface area contributed by atoms with Crippen molar-refractivity contribution in [2.45, 2.75) is 13.0 Å². The van der Waals surface area contributed by atoms with Gasteiger partial charge in [-0.15, -0.1) is 11.3 Å². The number of hydrogen-bond acceptors (Lipinski definition) is 5. The summed E-state index contributed by atoms with van der Waals surface area (Å²) in [4.78, 5) is 21.0. The maximum atomic E-state index is 11.7. The van der Waals surface area contributed by atoms with E-state index in [0.717, 1.165) is 27.5 Å². The fourth-order valence-electron chi connectivity index (χ4n) is 2.81. The van der Waals surface area contributed by atoms with Crippen LogP contribution in [0.1, 0.15) is 28.3 Å². The van der Waals surface area contributed by atoms with E-state index in [4.69, 9.17) is 16.3 Å². The van der Waals surface area contributed by atoms with Crippen molar-refractivity contribution in [3.8, 4) is 16.3 Å². The highest BCUT2D eigenvalue weighted by molar-refractivity contribution is 7.17. The molecule has 136 valence electrons. The number of hydrogen-bond donors (Lipinski definition) is 1. The van der Waals surface area contributed by atoms with E-state index >= 15 is 0 Å². The zero-order chi connectivity index (χ0) is 19.0. The van der Waals surface area contributed by atoms with Gasteiger partial charge in [0.15, 0.2) is 4.88 Å². The normalized spacial score (nSPS) is 12.2. The number of imidazole rings is 1. The van der Waals surface area contributed by atoms with E-state index in [1.807, 2.05) is 31.3 Å². The molecule has 0 unspecified atom stereocenters. The minimum atomic E-state index is -1.04. The Morgan fingerprint density at radius 1 is 1.30 bits per heavy atom. The number of aromatic nitrogens is 3. The number of benzene rings is 1. The third-order valence-corrected chi connectivity index (χ3v) is 5.55. The molecule has 6 nitrogen and oxygen atoms in total. The Bertz CT molecular complexity index is 1140. The molecule has 4 aromatic rings. The molecule has 0 saturated heterocycles. The molecule has 3 heterocycles. The van der Waals surface area contributed by atoms with Gasteiger partial charge in [0.05, 0.1) is 16.8 Å². The topological polar surface area (TPSA) is 76.7 Å². The number of thiophene rings is 1. The number of nitrogens with zero attached hydrogens (tertiary/aromatic N) is 3. The zero-order valence-electron chi connectivity index (χ0n) is 14.2. The number of ether oxygens (including phenoxy) is 1. The second kappa shape index (κ2) is 7.02. The highest BCUT2D eigenvalue weighted by Gasteiger charge is 2.22. The largest absolute Gasteiger partial charge is 0.484 e. The highest BCUT2D eigenvalue weighted by atomic mass is 35.5. The Morgan fingerprint density at radius 2 is 2.11 bits per heavy atom. The predicted octanol–water partition coefficient (Wildman–Crippen LogP) is 4.95. The van der Waals surface area contributed by atoms with Gasteiger partial charge >= 0.3 is 5.97 Å². The van der Waals surface area contributed by atoms with Crippen molar-refractivity contribution < 1.29 is 14.6 Å². The van der Waals surface area contributed by atoms with Crippen molar-refractivity contribution >= 4 is 34.7 Å². The number of carbonyl (C=O) groups is 1. The first-order chi connectivity index (χ1) is 13.0. The van der Waals surface area contributed by atoms with Gasteiger partial charge in [0.2, 0.25) is 5.78 Å². The molecule has 3 aromatic heterocycles. The molecule has 27 heavy (non-hydrogen) atoms. The molecule has 0 aliphatic carbocycles. The molecule has 0 amide bonds. The molecule has 0 bridgehead atoms. The summed E-state index contributed by atoms with van der Waals surface area (Å²) in [6.07, 6.45) is 4.75. The van der Waals surface area contributed by atoms with Crippen LogP contribution in [0.25, 0.3) is 16.3 Å². The van der Waals surface area contributed by atoms with Crippen molar-refractivity contribution in [3.05, 3.63) is 70.5 Å². The minimum Gasteiger partial charge on any atom is -0.484 e. The van der Waals surface area contributed by atoms with Crippen LogP contribution in [0.2, 0.25) is 5.02 Å². The second-order valence-corrected chi connectivity index (χ2v) is 7.28. The van der Waals surface area contributed by atoms with Crippen LogP contribution in [-0.2, 0) is 0 Å². The SMILES string of the molecule is C[C@@H](Oc1cc(-c2cnc3ncccn23)sc1C(=O)O)c1ccccc1Cl. The summed E-state index contributed by atoms with van der Waals surface area (Å²) in [6, 6.07) is 10.8. The molecule has 1 atom stereocenters. The Labute approximate surface area is 163 Å². The van der Waals surface area contributed by atoms with Gasteiger partial charge in [-0.3, -0.25) is 4.40 Å². The van der Waals surface area contributed by atoms with Crippen molar-refractivity contribution in [1.82, 2.24) is 14.4 Å². The van der Waals surface area contributed by atoms with Crippen LogP contribution in [0, 0.1) is 0 Å². The predicted molar refractivity (Wildman–Crippen MR) is 104 cm³/mol. The van der Waals surface area contributed by atoms with Crippen LogP contribution in [0.3, 0.4) is 0 Å². The van der Waals surface area contributed by atoms with Crippen LogP contribution in [0.4, 0.5) is 0 Å². The lowest BCUT2D eigenvalue weighted by Crippen LogP contribution is -2.06. The summed E-state index contributed by atoms with van der Waals surface area (Å²) in [5.41, 5.74) is 1.55. The van der Waals surface area contributed by atoms with Gasteiger partial charge in [-0.1, -0.05) is 29.8 Å². The van der Waals surface area contributed by atoms with Crippen LogP contribution in [0.15, 0.2) is 55.0 Å². The van der Waals surface area contributed by atoms with Gasteiger partial charge in [0.1, 0.15) is 11.9 Å². The number of rotatable bonds is 5. The molecule has 1 N–H and O–H groups in total. The quantitative estimate of drug-likeness (QED) is 0.513. The lowest BCUT2D eigenvalue weighted by Gasteiger charge is -2.15. The number of fused-ring (bicyclic) bond motifs is 1. The molecule has 8 heteroatoms. The minimum absolute atomic E-state index is 0.128. The lowest BCUT2D eigenvalue weighted by atomic mass is 10.1. The number of carboxylic acid groups (broad SMARTS) is 1. The first-order valence-corrected chi connectivity index (χ1v) is 9.30. The second-order valence-electron chi connectivity index (χ2n) is 5.82. The van der Waals surface area contributed by atoms with E-state index < -0.39 is 12.1 Å². The molecule has 1 aromatic carbocycles. The molecule has 0 radical (unpaired) electrons. The first kappa shape index (κ1) is 17.5. The molecule has 0 aliphatic rings. The van der Waals surface area contributed by atoms with Crippen LogP contribution < -0.4 is 4.74 Å². The van der Waals surface area contributed by atoms with E-state index in [1.165, 1.54) is 0 Å². The Hall–Kier alpha value is -2.90. The monoisotopic (exact) mass is 399 g/mol. The van der Waals surface area contributed by atoms with Crippen molar-refractivity contribution in [3.63, 3.8) is 0 Å².